The lowest BCUT2D eigenvalue weighted by atomic mass is 9.89. The third-order valence-electron chi connectivity index (χ3n) is 3.24. The molecule has 0 saturated carbocycles. The van der Waals surface area contributed by atoms with E-state index in [1.807, 2.05) is 26.0 Å². The molecular weight excluding hydrogens is 226 g/mol. The normalized spacial score (nSPS) is 18.5. The SMILES string of the molecule is CC(C)NCC(=O)OC1CCCc2ccccc21. The molecule has 0 bridgehead atoms. The Kier molecular flexibility index (Phi) is 4.37. The minimum atomic E-state index is -0.162. The third kappa shape index (κ3) is 3.33. The molecule has 2 rings (SSSR count). The zero-order valence-electron chi connectivity index (χ0n) is 11.1. The van der Waals surface area contributed by atoms with Crippen LogP contribution in [0.4, 0.5) is 0 Å². The molecule has 0 aromatic heterocycles. The molecule has 0 radical (unpaired) electrons. The molecule has 1 unspecified atom stereocenters. The third-order valence-corrected chi connectivity index (χ3v) is 3.24. The molecule has 1 N–H and O–H groups in total. The Hall–Kier alpha value is -1.35. The second kappa shape index (κ2) is 6.01. The zero-order valence-corrected chi connectivity index (χ0v) is 11.1. The van der Waals surface area contributed by atoms with Gasteiger partial charge in [-0.05, 0) is 30.4 Å². The molecular formula is C15H21NO2. The van der Waals surface area contributed by atoms with Gasteiger partial charge in [0, 0.05) is 6.04 Å². The molecule has 1 atom stereocenters. The summed E-state index contributed by atoms with van der Waals surface area (Å²) in [5.41, 5.74) is 2.50. The highest BCUT2D eigenvalue weighted by Gasteiger charge is 2.22. The lowest BCUT2D eigenvalue weighted by Gasteiger charge is -2.25. The van der Waals surface area contributed by atoms with E-state index in [1.165, 1.54) is 11.1 Å². The molecule has 18 heavy (non-hydrogen) atoms. The Bertz CT molecular complexity index is 415. The quantitative estimate of drug-likeness (QED) is 0.831. The molecule has 1 aromatic rings. The minimum Gasteiger partial charge on any atom is -0.457 e. The van der Waals surface area contributed by atoms with E-state index in [4.69, 9.17) is 4.74 Å². The van der Waals surface area contributed by atoms with E-state index >= 15 is 0 Å². The van der Waals surface area contributed by atoms with E-state index in [1.54, 1.807) is 0 Å². The Labute approximate surface area is 109 Å². The highest BCUT2D eigenvalue weighted by atomic mass is 16.5. The van der Waals surface area contributed by atoms with Gasteiger partial charge in [0.15, 0.2) is 0 Å². The van der Waals surface area contributed by atoms with Crippen LogP contribution in [0.3, 0.4) is 0 Å². The molecule has 98 valence electrons. The largest absolute Gasteiger partial charge is 0.457 e. The lowest BCUT2D eigenvalue weighted by Crippen LogP contribution is -2.31. The Morgan fingerprint density at radius 2 is 2.22 bits per heavy atom. The van der Waals surface area contributed by atoms with Crippen molar-refractivity contribution >= 4 is 5.97 Å². The average molecular weight is 247 g/mol. The summed E-state index contributed by atoms with van der Waals surface area (Å²) in [6, 6.07) is 8.56. The standard InChI is InChI=1S/C15H21NO2/c1-11(2)16-10-15(17)18-14-9-5-7-12-6-3-4-8-13(12)14/h3-4,6,8,11,14,16H,5,7,9-10H2,1-2H3. The summed E-state index contributed by atoms with van der Waals surface area (Å²) in [4.78, 5) is 11.7. The Morgan fingerprint density at radius 3 is 3.00 bits per heavy atom. The van der Waals surface area contributed by atoms with E-state index in [0.29, 0.717) is 6.04 Å². The highest BCUT2D eigenvalue weighted by molar-refractivity contribution is 5.72. The lowest BCUT2D eigenvalue weighted by molar-refractivity contribution is -0.149. The molecule has 0 heterocycles. The van der Waals surface area contributed by atoms with Crippen molar-refractivity contribution in [3.05, 3.63) is 35.4 Å². The first-order valence-electron chi connectivity index (χ1n) is 6.67. The predicted molar refractivity (Wildman–Crippen MR) is 71.4 cm³/mol. The first kappa shape index (κ1) is 13.1. The smallest absolute Gasteiger partial charge is 0.320 e. The van der Waals surface area contributed by atoms with Crippen molar-refractivity contribution in [3.8, 4) is 0 Å². The molecule has 3 nitrogen and oxygen atoms in total. The molecule has 0 fully saturated rings. The van der Waals surface area contributed by atoms with Gasteiger partial charge in [0.1, 0.15) is 6.10 Å². The molecule has 0 saturated heterocycles. The van der Waals surface area contributed by atoms with E-state index in [2.05, 4.69) is 17.4 Å². The number of aryl methyl sites for hydroxylation is 1. The van der Waals surface area contributed by atoms with Crippen molar-refractivity contribution in [1.29, 1.82) is 0 Å². The van der Waals surface area contributed by atoms with Gasteiger partial charge in [-0.2, -0.15) is 0 Å². The first-order chi connectivity index (χ1) is 8.66. The fourth-order valence-electron chi connectivity index (χ4n) is 2.32. The van der Waals surface area contributed by atoms with Gasteiger partial charge >= 0.3 is 5.97 Å². The number of rotatable bonds is 4. The topological polar surface area (TPSA) is 38.3 Å². The average Bonchev–Trinajstić information content (AvgIpc) is 2.37. The number of benzene rings is 1. The summed E-state index contributed by atoms with van der Waals surface area (Å²) >= 11 is 0. The summed E-state index contributed by atoms with van der Waals surface area (Å²) in [6.45, 7) is 4.32. The first-order valence-corrected chi connectivity index (χ1v) is 6.67. The summed E-state index contributed by atoms with van der Waals surface area (Å²) in [6.07, 6.45) is 3.06. The van der Waals surface area contributed by atoms with Crippen molar-refractivity contribution in [3.63, 3.8) is 0 Å². The molecule has 0 amide bonds. The van der Waals surface area contributed by atoms with Crippen LogP contribution in [0, 0.1) is 0 Å². The van der Waals surface area contributed by atoms with Gasteiger partial charge in [-0.15, -0.1) is 0 Å². The van der Waals surface area contributed by atoms with Gasteiger partial charge in [0.25, 0.3) is 0 Å². The zero-order chi connectivity index (χ0) is 13.0. The number of hydrogen-bond acceptors (Lipinski definition) is 3. The fraction of sp³-hybridized carbons (Fsp3) is 0.533. The highest BCUT2D eigenvalue weighted by Crippen LogP contribution is 2.32. The summed E-state index contributed by atoms with van der Waals surface area (Å²) < 4.78 is 5.57. The van der Waals surface area contributed by atoms with Crippen LogP contribution >= 0.6 is 0 Å². The Morgan fingerprint density at radius 1 is 1.44 bits per heavy atom. The van der Waals surface area contributed by atoms with Crippen LogP contribution < -0.4 is 5.32 Å². The maximum Gasteiger partial charge on any atom is 0.320 e. The van der Waals surface area contributed by atoms with Crippen LogP contribution in [-0.4, -0.2) is 18.6 Å². The molecule has 0 aliphatic heterocycles. The number of nitrogens with one attached hydrogen (secondary N) is 1. The molecule has 0 spiro atoms. The van der Waals surface area contributed by atoms with E-state index in [9.17, 15) is 4.79 Å². The predicted octanol–water partition coefficient (Wildman–Crippen LogP) is 2.61. The maximum atomic E-state index is 11.7. The summed E-state index contributed by atoms with van der Waals surface area (Å²) in [5.74, 6) is -0.162. The number of carbonyl (C=O) groups is 1. The maximum absolute atomic E-state index is 11.7. The van der Waals surface area contributed by atoms with Crippen molar-refractivity contribution < 1.29 is 9.53 Å². The Balaban J connectivity index is 1.96. The summed E-state index contributed by atoms with van der Waals surface area (Å²) in [5, 5.41) is 3.08. The fourth-order valence-corrected chi connectivity index (χ4v) is 2.32. The van der Waals surface area contributed by atoms with Crippen LogP contribution in [0.5, 0.6) is 0 Å². The second-order valence-electron chi connectivity index (χ2n) is 5.11. The van der Waals surface area contributed by atoms with Gasteiger partial charge in [0.2, 0.25) is 0 Å². The monoisotopic (exact) mass is 247 g/mol. The minimum absolute atomic E-state index is 0.0589. The van der Waals surface area contributed by atoms with Gasteiger partial charge in [-0.1, -0.05) is 38.1 Å². The van der Waals surface area contributed by atoms with Gasteiger partial charge in [-0.25, -0.2) is 0 Å². The second-order valence-corrected chi connectivity index (χ2v) is 5.11. The van der Waals surface area contributed by atoms with Crippen molar-refractivity contribution in [2.45, 2.75) is 45.3 Å². The molecule has 1 aliphatic rings. The van der Waals surface area contributed by atoms with Crippen molar-refractivity contribution in [2.24, 2.45) is 0 Å². The van der Waals surface area contributed by atoms with E-state index in [0.717, 1.165) is 19.3 Å². The van der Waals surface area contributed by atoms with Gasteiger partial charge < -0.3 is 10.1 Å². The molecule has 1 aliphatic carbocycles. The van der Waals surface area contributed by atoms with Crippen LogP contribution in [0.1, 0.15) is 43.9 Å². The van der Waals surface area contributed by atoms with Crippen molar-refractivity contribution in [2.75, 3.05) is 6.54 Å². The van der Waals surface area contributed by atoms with Crippen LogP contribution in [0.2, 0.25) is 0 Å². The van der Waals surface area contributed by atoms with Crippen LogP contribution in [-0.2, 0) is 16.0 Å². The van der Waals surface area contributed by atoms with Gasteiger partial charge in [-0.3, -0.25) is 4.79 Å². The number of carbonyl (C=O) groups excluding carboxylic acids is 1. The van der Waals surface area contributed by atoms with Crippen molar-refractivity contribution in [1.82, 2.24) is 5.32 Å². The number of hydrogen-bond donors (Lipinski definition) is 1. The van der Waals surface area contributed by atoms with Crippen LogP contribution in [0.25, 0.3) is 0 Å². The number of fused-ring (bicyclic) bond motifs is 1. The van der Waals surface area contributed by atoms with E-state index in [-0.39, 0.29) is 18.6 Å². The van der Waals surface area contributed by atoms with Gasteiger partial charge in [0.05, 0.1) is 6.54 Å². The number of esters is 1. The summed E-state index contributed by atoms with van der Waals surface area (Å²) in [7, 11) is 0. The molecule has 3 heteroatoms. The molecule has 1 aromatic carbocycles. The van der Waals surface area contributed by atoms with Crippen LogP contribution in [0.15, 0.2) is 24.3 Å². The number of ether oxygens (including phenoxy) is 1. The van der Waals surface area contributed by atoms with E-state index < -0.39 is 0 Å².